The van der Waals surface area contributed by atoms with Crippen molar-refractivity contribution in [2.75, 3.05) is 54.2 Å². The van der Waals surface area contributed by atoms with Crippen molar-refractivity contribution < 1.29 is 26.6 Å². The van der Waals surface area contributed by atoms with Gasteiger partial charge in [-0.3, -0.25) is 0 Å². The predicted octanol–water partition coefficient (Wildman–Crippen LogP) is 6.64. The molecule has 0 radical (unpaired) electrons. The average Bonchev–Trinajstić information content (AvgIpc) is 2.74. The zero-order valence-electron chi connectivity index (χ0n) is 18.3. The fourth-order valence-electron chi connectivity index (χ4n) is 2.33. The van der Waals surface area contributed by atoms with Crippen molar-refractivity contribution in [1.82, 2.24) is 0 Å². The first-order valence-corrected chi connectivity index (χ1v) is 21.8. The minimum Gasteiger partial charge on any atom is -0.377 e. The highest BCUT2D eigenvalue weighted by Gasteiger charge is 2.40. The summed E-state index contributed by atoms with van der Waals surface area (Å²) in [7, 11) is 17.8. The van der Waals surface area contributed by atoms with Crippen LogP contribution in [0.3, 0.4) is 0 Å². The van der Waals surface area contributed by atoms with Gasteiger partial charge in [0.15, 0.2) is 0 Å². The van der Waals surface area contributed by atoms with Gasteiger partial charge in [-0.05, 0) is 61.0 Å². The van der Waals surface area contributed by atoms with Gasteiger partial charge in [0, 0.05) is 66.3 Å². The molecule has 0 heterocycles. The van der Waals surface area contributed by atoms with Crippen LogP contribution in [0.2, 0.25) is 12.1 Å². The zero-order valence-corrected chi connectivity index (χ0v) is 26.0. The van der Waals surface area contributed by atoms with Gasteiger partial charge < -0.3 is 26.6 Å². The van der Waals surface area contributed by atoms with Gasteiger partial charge >= 0.3 is 17.6 Å². The molecule has 0 aliphatic carbocycles. The van der Waals surface area contributed by atoms with Crippen molar-refractivity contribution in [3.8, 4) is 0 Å². The van der Waals surface area contributed by atoms with Crippen LogP contribution in [0.25, 0.3) is 0 Å². The van der Waals surface area contributed by atoms with Gasteiger partial charge in [0.05, 0.1) is 0 Å². The number of hydrogen-bond donors (Lipinski definition) is 0. The quantitative estimate of drug-likeness (QED) is 0.0882. The molecule has 0 aromatic rings. The van der Waals surface area contributed by atoms with Crippen LogP contribution in [0.15, 0.2) is 0 Å². The van der Waals surface area contributed by atoms with Crippen LogP contribution in [0, 0.1) is 11.8 Å². The van der Waals surface area contributed by atoms with E-state index in [0.29, 0.717) is 11.8 Å². The molecular formula is C14H34O6S7Si2. The van der Waals surface area contributed by atoms with Gasteiger partial charge in [0.25, 0.3) is 0 Å². The Bertz CT molecular complexity index is 347. The summed E-state index contributed by atoms with van der Waals surface area (Å²) in [6.45, 7) is 4.42. The summed E-state index contributed by atoms with van der Waals surface area (Å²) in [4.78, 5) is 0. The minimum absolute atomic E-state index is 0.477. The summed E-state index contributed by atoms with van der Waals surface area (Å²) in [6.07, 6.45) is 0. The Morgan fingerprint density at radius 3 is 1.07 bits per heavy atom. The second-order valence-electron chi connectivity index (χ2n) is 6.12. The van der Waals surface area contributed by atoms with Crippen LogP contribution >= 0.6 is 70.7 Å². The van der Waals surface area contributed by atoms with E-state index in [-0.39, 0.29) is 0 Å². The number of rotatable bonds is 20. The van der Waals surface area contributed by atoms with Crippen molar-refractivity contribution in [2.45, 2.75) is 25.9 Å². The van der Waals surface area contributed by atoms with E-state index in [0.717, 1.165) is 23.6 Å². The zero-order chi connectivity index (χ0) is 22.2. The van der Waals surface area contributed by atoms with E-state index in [1.807, 2.05) is 41.2 Å². The highest BCUT2D eigenvalue weighted by Crippen LogP contribution is 2.55. The maximum Gasteiger partial charge on any atom is 0.500 e. The summed E-state index contributed by atoms with van der Waals surface area (Å²) < 4.78 is 33.0. The van der Waals surface area contributed by atoms with Crippen molar-refractivity contribution in [3.63, 3.8) is 0 Å². The fraction of sp³-hybridized carbons (Fsp3) is 1.00. The van der Waals surface area contributed by atoms with Crippen LogP contribution in [0.5, 0.6) is 0 Å². The Labute approximate surface area is 205 Å². The lowest BCUT2D eigenvalue weighted by molar-refractivity contribution is 0.119. The van der Waals surface area contributed by atoms with Gasteiger partial charge in [0.2, 0.25) is 0 Å². The molecule has 0 spiro atoms. The Kier molecular flexibility index (Phi) is 20.7. The SMILES string of the molecule is CO[Si](CC(C)CSSSSSSSCC(C)C[Si](OC)(OC)OC)(OC)OC. The molecule has 0 aromatic carbocycles. The summed E-state index contributed by atoms with van der Waals surface area (Å²) >= 11 is 0. The molecule has 176 valence electrons. The highest BCUT2D eigenvalue weighted by atomic mass is 33.9. The van der Waals surface area contributed by atoms with Gasteiger partial charge in [-0.15, -0.1) is 0 Å². The lowest BCUT2D eigenvalue weighted by atomic mass is 10.3. The molecule has 0 fully saturated rings. The average molecular weight is 579 g/mol. The largest absolute Gasteiger partial charge is 0.500 e. The van der Waals surface area contributed by atoms with E-state index in [9.17, 15) is 0 Å². The molecular weight excluding hydrogens is 545 g/mol. The van der Waals surface area contributed by atoms with Gasteiger partial charge in [-0.2, -0.15) is 0 Å². The normalized spacial score (nSPS) is 14.9. The van der Waals surface area contributed by atoms with Crippen molar-refractivity contribution in [2.24, 2.45) is 11.8 Å². The standard InChI is InChI=1S/C14H34O6S7Si2/c1-13(11-28(15-3,16-4)17-5)9-21-23-25-27-26-24-22-10-14(2)12-29(18-6,19-7)20-8/h13-14H,9-12H2,1-8H3. The predicted molar refractivity (Wildman–Crippen MR) is 144 cm³/mol. The van der Waals surface area contributed by atoms with E-state index >= 15 is 0 Å². The monoisotopic (exact) mass is 578 g/mol. The first-order chi connectivity index (χ1) is 13.9. The lowest BCUT2D eigenvalue weighted by Crippen LogP contribution is -2.44. The van der Waals surface area contributed by atoms with Crippen LogP contribution in [-0.2, 0) is 26.6 Å². The van der Waals surface area contributed by atoms with E-state index in [1.165, 1.54) is 0 Å². The summed E-state index contributed by atoms with van der Waals surface area (Å²) in [5.74, 6) is 3.03. The van der Waals surface area contributed by atoms with Crippen molar-refractivity contribution >= 4 is 88.3 Å². The number of hydrogen-bond acceptors (Lipinski definition) is 13. The Morgan fingerprint density at radius 2 is 0.793 bits per heavy atom. The second-order valence-corrected chi connectivity index (χ2v) is 23.5. The molecule has 0 amide bonds. The first kappa shape index (κ1) is 31.6. The maximum atomic E-state index is 5.49. The van der Waals surface area contributed by atoms with E-state index < -0.39 is 17.6 Å². The molecule has 0 aliphatic heterocycles. The summed E-state index contributed by atoms with van der Waals surface area (Å²) in [6, 6.07) is 1.67. The second kappa shape index (κ2) is 19.0. The van der Waals surface area contributed by atoms with Gasteiger partial charge in [-0.1, -0.05) is 35.4 Å². The molecule has 29 heavy (non-hydrogen) atoms. The molecule has 0 aliphatic rings. The Hall–Kier alpha value is 2.64. The Morgan fingerprint density at radius 1 is 0.517 bits per heavy atom. The third-order valence-corrected chi connectivity index (χ3v) is 23.7. The highest BCUT2D eigenvalue weighted by molar-refractivity contribution is 9.45. The van der Waals surface area contributed by atoms with Gasteiger partial charge in [-0.25, -0.2) is 0 Å². The van der Waals surface area contributed by atoms with E-state index in [4.69, 9.17) is 26.6 Å². The van der Waals surface area contributed by atoms with Crippen LogP contribution in [0.1, 0.15) is 13.8 Å². The lowest BCUT2D eigenvalue weighted by Gasteiger charge is -2.26. The molecule has 0 rings (SSSR count). The topological polar surface area (TPSA) is 55.4 Å². The molecule has 0 aromatic heterocycles. The molecule has 2 atom stereocenters. The minimum atomic E-state index is -2.47. The van der Waals surface area contributed by atoms with Crippen LogP contribution in [-0.4, -0.2) is 71.8 Å². The molecule has 6 nitrogen and oxygen atoms in total. The van der Waals surface area contributed by atoms with Gasteiger partial charge in [0.1, 0.15) is 0 Å². The van der Waals surface area contributed by atoms with E-state index in [1.54, 1.807) is 72.1 Å². The Balaban J connectivity index is 3.74. The smallest absolute Gasteiger partial charge is 0.377 e. The summed E-state index contributed by atoms with van der Waals surface area (Å²) in [5, 5.41) is 0. The molecule has 15 heteroatoms. The summed E-state index contributed by atoms with van der Waals surface area (Å²) in [5.41, 5.74) is 0. The third-order valence-electron chi connectivity index (χ3n) is 3.98. The molecule has 0 N–H and O–H groups in total. The van der Waals surface area contributed by atoms with Crippen molar-refractivity contribution in [3.05, 3.63) is 0 Å². The molecule has 0 saturated heterocycles. The maximum absolute atomic E-state index is 5.49. The molecule has 0 saturated carbocycles. The first-order valence-electron chi connectivity index (χ1n) is 8.75. The molecule has 0 bridgehead atoms. The van der Waals surface area contributed by atoms with Crippen LogP contribution in [0.4, 0.5) is 0 Å². The van der Waals surface area contributed by atoms with Crippen LogP contribution < -0.4 is 0 Å². The fourth-order valence-corrected chi connectivity index (χ4v) is 21.7. The van der Waals surface area contributed by atoms with Crippen molar-refractivity contribution in [1.29, 1.82) is 0 Å². The van der Waals surface area contributed by atoms with E-state index in [2.05, 4.69) is 13.8 Å². The third kappa shape index (κ3) is 13.8. The molecule has 2 unspecified atom stereocenters.